The van der Waals surface area contributed by atoms with E-state index in [-0.39, 0.29) is 17.0 Å². The molecule has 4 aromatic rings. The fourth-order valence-corrected chi connectivity index (χ4v) is 2.99. The summed E-state index contributed by atoms with van der Waals surface area (Å²) in [5.41, 5.74) is 1.92. The molecule has 2 heterocycles. The van der Waals surface area contributed by atoms with Gasteiger partial charge in [0, 0.05) is 36.8 Å². The first kappa shape index (κ1) is 18.4. The number of benzene rings is 2. The number of hydrogen-bond acceptors (Lipinski definition) is 5. The normalized spacial score (nSPS) is 10.8. The molecule has 0 aliphatic heterocycles. The molecule has 4 rings (SSSR count). The Morgan fingerprint density at radius 3 is 2.52 bits per heavy atom. The molecule has 0 aliphatic rings. The van der Waals surface area contributed by atoms with Crippen LogP contribution in [0.3, 0.4) is 0 Å². The Balaban J connectivity index is 1.55. The minimum Gasteiger partial charge on any atom is -0.451 e. The lowest BCUT2D eigenvalue weighted by Gasteiger charge is -2.07. The van der Waals surface area contributed by atoms with E-state index in [1.807, 2.05) is 13.0 Å². The third kappa shape index (κ3) is 3.58. The minimum atomic E-state index is -0.548. The molecule has 2 aromatic heterocycles. The van der Waals surface area contributed by atoms with Gasteiger partial charge < -0.3 is 14.3 Å². The largest absolute Gasteiger partial charge is 0.451 e. The summed E-state index contributed by atoms with van der Waals surface area (Å²) >= 11 is 0. The Bertz CT molecular complexity index is 1300. The Labute approximate surface area is 165 Å². The van der Waals surface area contributed by atoms with Crippen LogP contribution in [-0.2, 0) is 7.05 Å². The highest BCUT2D eigenvalue weighted by molar-refractivity contribution is 6.07. The Kier molecular flexibility index (Phi) is 4.56. The highest BCUT2D eigenvalue weighted by Crippen LogP contribution is 2.17. The highest BCUT2D eigenvalue weighted by Gasteiger charge is 2.15. The standard InChI is InChI=1S/C22H17N3O4/c1-13-3-8-18-16(11-13)17(26)12-19(29-18)22(28)24-15-6-4-14(5-7-15)20(27)21-23-9-10-25(21)2/h3-12H,1-2H3,(H,24,28). The van der Waals surface area contributed by atoms with Crippen LogP contribution in [0.25, 0.3) is 11.0 Å². The summed E-state index contributed by atoms with van der Waals surface area (Å²) < 4.78 is 7.22. The topological polar surface area (TPSA) is 94.2 Å². The maximum atomic E-state index is 12.5. The molecule has 0 bridgehead atoms. The average molecular weight is 387 g/mol. The van der Waals surface area contributed by atoms with E-state index in [0.29, 0.717) is 28.0 Å². The fourth-order valence-electron chi connectivity index (χ4n) is 2.99. The average Bonchev–Trinajstić information content (AvgIpc) is 3.14. The number of fused-ring (bicyclic) bond motifs is 1. The number of carbonyl (C=O) groups is 2. The molecule has 29 heavy (non-hydrogen) atoms. The van der Waals surface area contributed by atoms with Crippen molar-refractivity contribution in [3.8, 4) is 0 Å². The number of anilines is 1. The van der Waals surface area contributed by atoms with Crippen molar-refractivity contribution in [1.82, 2.24) is 9.55 Å². The van der Waals surface area contributed by atoms with Crippen LogP contribution in [-0.4, -0.2) is 21.2 Å². The molecular formula is C22H17N3O4. The number of amides is 1. The van der Waals surface area contributed by atoms with E-state index in [1.54, 1.807) is 60.4 Å². The van der Waals surface area contributed by atoms with Crippen LogP contribution in [0.1, 0.15) is 32.3 Å². The number of imidazole rings is 1. The van der Waals surface area contributed by atoms with Gasteiger partial charge in [-0.05, 0) is 43.3 Å². The molecule has 0 aliphatic carbocycles. The highest BCUT2D eigenvalue weighted by atomic mass is 16.3. The molecule has 0 atom stereocenters. The van der Waals surface area contributed by atoms with Crippen molar-refractivity contribution in [2.24, 2.45) is 7.05 Å². The molecule has 7 nitrogen and oxygen atoms in total. The van der Waals surface area contributed by atoms with Crippen molar-refractivity contribution in [3.63, 3.8) is 0 Å². The molecule has 0 saturated heterocycles. The van der Waals surface area contributed by atoms with Gasteiger partial charge in [-0.1, -0.05) is 11.6 Å². The number of aryl methyl sites for hydroxylation is 2. The van der Waals surface area contributed by atoms with Gasteiger partial charge in [0.05, 0.1) is 5.39 Å². The van der Waals surface area contributed by atoms with Crippen LogP contribution < -0.4 is 10.7 Å². The van der Waals surface area contributed by atoms with E-state index in [1.165, 1.54) is 6.07 Å². The fraction of sp³-hybridized carbons (Fsp3) is 0.0909. The maximum Gasteiger partial charge on any atom is 0.291 e. The summed E-state index contributed by atoms with van der Waals surface area (Å²) in [6, 6.07) is 12.8. The van der Waals surface area contributed by atoms with Gasteiger partial charge in [0.2, 0.25) is 5.78 Å². The Morgan fingerprint density at radius 1 is 1.07 bits per heavy atom. The molecule has 144 valence electrons. The van der Waals surface area contributed by atoms with Crippen LogP contribution in [0.15, 0.2) is 70.1 Å². The first-order chi connectivity index (χ1) is 13.9. The van der Waals surface area contributed by atoms with Crippen molar-refractivity contribution in [3.05, 3.63) is 93.9 Å². The predicted octanol–water partition coefficient (Wildman–Crippen LogP) is 3.32. The summed E-state index contributed by atoms with van der Waals surface area (Å²) in [7, 11) is 1.74. The van der Waals surface area contributed by atoms with E-state index in [2.05, 4.69) is 10.3 Å². The van der Waals surface area contributed by atoms with Crippen LogP contribution in [0, 0.1) is 6.92 Å². The van der Waals surface area contributed by atoms with Crippen molar-refractivity contribution in [1.29, 1.82) is 0 Å². The van der Waals surface area contributed by atoms with Crippen molar-refractivity contribution in [2.75, 3.05) is 5.32 Å². The van der Waals surface area contributed by atoms with E-state index in [0.717, 1.165) is 5.56 Å². The molecule has 1 N–H and O–H groups in total. The lowest BCUT2D eigenvalue weighted by Crippen LogP contribution is -2.15. The Hall–Kier alpha value is -4.00. The second kappa shape index (κ2) is 7.20. The number of hydrogen-bond donors (Lipinski definition) is 1. The number of nitrogens with zero attached hydrogens (tertiary/aromatic N) is 2. The molecule has 0 saturated carbocycles. The molecule has 0 fully saturated rings. The molecular weight excluding hydrogens is 370 g/mol. The van der Waals surface area contributed by atoms with Crippen molar-refractivity contribution >= 4 is 28.3 Å². The van der Waals surface area contributed by atoms with Crippen molar-refractivity contribution in [2.45, 2.75) is 6.92 Å². The lowest BCUT2D eigenvalue weighted by atomic mass is 10.1. The zero-order chi connectivity index (χ0) is 20.5. The number of carbonyl (C=O) groups excluding carboxylic acids is 2. The summed E-state index contributed by atoms with van der Waals surface area (Å²) in [6.45, 7) is 1.88. The van der Waals surface area contributed by atoms with E-state index in [9.17, 15) is 14.4 Å². The van der Waals surface area contributed by atoms with Crippen LogP contribution >= 0.6 is 0 Å². The smallest absolute Gasteiger partial charge is 0.291 e. The molecule has 7 heteroatoms. The van der Waals surface area contributed by atoms with E-state index in [4.69, 9.17) is 4.42 Å². The minimum absolute atomic E-state index is 0.0838. The first-order valence-electron chi connectivity index (χ1n) is 8.90. The molecule has 2 aromatic carbocycles. The van der Waals surface area contributed by atoms with Crippen LogP contribution in [0.4, 0.5) is 5.69 Å². The number of rotatable bonds is 4. The molecule has 1 amide bonds. The van der Waals surface area contributed by atoms with E-state index >= 15 is 0 Å². The number of ketones is 1. The summed E-state index contributed by atoms with van der Waals surface area (Å²) in [5.74, 6) is -0.520. The summed E-state index contributed by atoms with van der Waals surface area (Å²) in [6.07, 6.45) is 3.25. The van der Waals surface area contributed by atoms with Crippen LogP contribution in [0.2, 0.25) is 0 Å². The van der Waals surface area contributed by atoms with Gasteiger partial charge >= 0.3 is 0 Å². The second-order valence-electron chi connectivity index (χ2n) is 6.70. The zero-order valence-corrected chi connectivity index (χ0v) is 15.8. The maximum absolute atomic E-state index is 12.5. The first-order valence-corrected chi connectivity index (χ1v) is 8.90. The second-order valence-corrected chi connectivity index (χ2v) is 6.70. The molecule has 0 spiro atoms. The van der Waals surface area contributed by atoms with E-state index < -0.39 is 5.91 Å². The summed E-state index contributed by atoms with van der Waals surface area (Å²) in [4.78, 5) is 41.3. The number of aromatic nitrogens is 2. The summed E-state index contributed by atoms with van der Waals surface area (Å²) in [5, 5.41) is 3.10. The third-order valence-electron chi connectivity index (χ3n) is 4.54. The van der Waals surface area contributed by atoms with Crippen LogP contribution in [0.5, 0.6) is 0 Å². The van der Waals surface area contributed by atoms with Gasteiger partial charge in [-0.15, -0.1) is 0 Å². The number of nitrogens with one attached hydrogen (secondary N) is 1. The molecule has 0 unspecified atom stereocenters. The SMILES string of the molecule is Cc1ccc2oc(C(=O)Nc3ccc(C(=O)c4nccn4C)cc3)cc(=O)c2c1. The van der Waals surface area contributed by atoms with Crippen molar-refractivity contribution < 1.29 is 14.0 Å². The third-order valence-corrected chi connectivity index (χ3v) is 4.54. The predicted molar refractivity (Wildman–Crippen MR) is 108 cm³/mol. The quantitative estimate of drug-likeness (QED) is 0.542. The van der Waals surface area contributed by atoms with Gasteiger partial charge in [0.15, 0.2) is 17.0 Å². The lowest BCUT2D eigenvalue weighted by molar-refractivity contribution is 0.0995. The van der Waals surface area contributed by atoms with Gasteiger partial charge in [0.1, 0.15) is 5.58 Å². The van der Waals surface area contributed by atoms with Gasteiger partial charge in [-0.3, -0.25) is 14.4 Å². The van der Waals surface area contributed by atoms with Gasteiger partial charge in [-0.2, -0.15) is 0 Å². The zero-order valence-electron chi connectivity index (χ0n) is 15.8. The van der Waals surface area contributed by atoms with Gasteiger partial charge in [0.25, 0.3) is 5.91 Å². The van der Waals surface area contributed by atoms with Gasteiger partial charge in [-0.25, -0.2) is 4.98 Å². The monoisotopic (exact) mass is 387 g/mol. The molecule has 0 radical (unpaired) electrons. The Morgan fingerprint density at radius 2 is 1.83 bits per heavy atom.